The average molecular weight is 289 g/mol. The number of nitrogens with two attached hydrogens (primary N) is 1. The van der Waals surface area contributed by atoms with Gasteiger partial charge in [-0.3, -0.25) is 0 Å². The molecule has 3 N–H and O–H groups in total. The number of hydrogen-bond acceptors (Lipinski definition) is 4. The molecule has 0 saturated carbocycles. The molecule has 1 fully saturated rings. The number of piperidine rings is 1. The number of benzene rings is 1. The third kappa shape index (κ3) is 3.03. The average Bonchev–Trinajstić information content (AvgIpc) is 2.79. The Morgan fingerprint density at radius 3 is 3.00 bits per heavy atom. The van der Waals surface area contributed by atoms with Crippen LogP contribution in [-0.4, -0.2) is 17.6 Å². The quantitative estimate of drug-likeness (QED) is 0.912. The largest absolute Gasteiger partial charge is 0.328 e. The Bertz CT molecular complexity index is 582. The molecule has 3 atom stereocenters. The lowest BCUT2D eigenvalue weighted by atomic mass is 9.92. The number of aromatic nitrogens is 1. The predicted octanol–water partition coefficient (Wildman–Crippen LogP) is 3.25. The van der Waals surface area contributed by atoms with E-state index in [1.165, 1.54) is 23.1 Å². The van der Waals surface area contributed by atoms with Gasteiger partial charge in [0.25, 0.3) is 0 Å². The van der Waals surface area contributed by atoms with E-state index in [4.69, 9.17) is 10.7 Å². The summed E-state index contributed by atoms with van der Waals surface area (Å²) in [6.07, 6.45) is 3.40. The standard InChI is InChI=1S/C16H23N3S/c1-10-3-5-13(18-9-10)12-4-6-15-14(8-12)19-16(20-15)7-11(2)17/h4,6,8,10-11,13,18H,3,5,7,9,17H2,1-2H3/t10-,11?,13+/m0/s1. The maximum atomic E-state index is 5.86. The summed E-state index contributed by atoms with van der Waals surface area (Å²) in [5, 5.41) is 4.79. The number of fused-ring (bicyclic) bond motifs is 1. The lowest BCUT2D eigenvalue weighted by Gasteiger charge is -2.28. The van der Waals surface area contributed by atoms with Gasteiger partial charge in [0.2, 0.25) is 0 Å². The first kappa shape index (κ1) is 14.0. The maximum Gasteiger partial charge on any atom is 0.0953 e. The van der Waals surface area contributed by atoms with E-state index >= 15 is 0 Å². The van der Waals surface area contributed by atoms with Crippen LogP contribution in [0.2, 0.25) is 0 Å². The van der Waals surface area contributed by atoms with E-state index in [1.54, 1.807) is 11.3 Å². The highest BCUT2D eigenvalue weighted by atomic mass is 32.1. The first-order chi connectivity index (χ1) is 9.61. The minimum absolute atomic E-state index is 0.177. The van der Waals surface area contributed by atoms with Crippen molar-refractivity contribution in [3.05, 3.63) is 28.8 Å². The molecule has 0 radical (unpaired) electrons. The highest BCUT2D eigenvalue weighted by Crippen LogP contribution is 2.30. The van der Waals surface area contributed by atoms with Crippen LogP contribution in [0.5, 0.6) is 0 Å². The minimum atomic E-state index is 0.177. The number of nitrogens with zero attached hydrogens (tertiary/aromatic N) is 1. The maximum absolute atomic E-state index is 5.86. The van der Waals surface area contributed by atoms with Gasteiger partial charge in [-0.05, 0) is 49.9 Å². The van der Waals surface area contributed by atoms with Crippen LogP contribution in [0.25, 0.3) is 10.2 Å². The van der Waals surface area contributed by atoms with Gasteiger partial charge in [-0.15, -0.1) is 11.3 Å². The van der Waals surface area contributed by atoms with Crippen molar-refractivity contribution in [2.45, 2.75) is 45.2 Å². The zero-order valence-electron chi connectivity index (χ0n) is 12.2. The summed E-state index contributed by atoms with van der Waals surface area (Å²) in [4.78, 5) is 4.73. The van der Waals surface area contributed by atoms with E-state index in [2.05, 4.69) is 30.4 Å². The van der Waals surface area contributed by atoms with Gasteiger partial charge >= 0.3 is 0 Å². The topological polar surface area (TPSA) is 50.9 Å². The van der Waals surface area contributed by atoms with Crippen LogP contribution in [0.15, 0.2) is 18.2 Å². The molecule has 1 aromatic carbocycles. The van der Waals surface area contributed by atoms with Crippen LogP contribution in [0.4, 0.5) is 0 Å². The molecular weight excluding hydrogens is 266 g/mol. The van der Waals surface area contributed by atoms with Crippen LogP contribution in [0.3, 0.4) is 0 Å². The lowest BCUT2D eigenvalue weighted by Crippen LogP contribution is -2.31. The molecule has 0 amide bonds. The van der Waals surface area contributed by atoms with Gasteiger partial charge in [0, 0.05) is 18.5 Å². The molecule has 0 bridgehead atoms. The van der Waals surface area contributed by atoms with Crippen LogP contribution in [-0.2, 0) is 6.42 Å². The summed E-state index contributed by atoms with van der Waals surface area (Å²) < 4.78 is 1.27. The molecule has 2 aromatic rings. The van der Waals surface area contributed by atoms with Crippen molar-refractivity contribution in [3.63, 3.8) is 0 Å². The third-order valence-electron chi connectivity index (χ3n) is 4.02. The van der Waals surface area contributed by atoms with Crippen molar-refractivity contribution in [2.75, 3.05) is 6.54 Å². The molecule has 1 saturated heterocycles. The Morgan fingerprint density at radius 1 is 1.45 bits per heavy atom. The minimum Gasteiger partial charge on any atom is -0.328 e. The molecule has 0 spiro atoms. The van der Waals surface area contributed by atoms with E-state index in [9.17, 15) is 0 Å². The zero-order valence-corrected chi connectivity index (χ0v) is 13.0. The van der Waals surface area contributed by atoms with Gasteiger partial charge in [-0.2, -0.15) is 0 Å². The summed E-state index contributed by atoms with van der Waals surface area (Å²) in [7, 11) is 0. The van der Waals surface area contributed by atoms with E-state index in [0.717, 1.165) is 29.4 Å². The van der Waals surface area contributed by atoms with Crippen molar-refractivity contribution in [2.24, 2.45) is 11.7 Å². The molecule has 20 heavy (non-hydrogen) atoms. The van der Waals surface area contributed by atoms with Crippen LogP contribution in [0.1, 0.15) is 43.3 Å². The Labute approximate surface area is 124 Å². The Kier molecular flexibility index (Phi) is 4.06. The smallest absolute Gasteiger partial charge is 0.0953 e. The fourth-order valence-corrected chi connectivity index (χ4v) is 3.94. The number of nitrogens with one attached hydrogen (secondary N) is 1. The van der Waals surface area contributed by atoms with E-state index in [1.807, 2.05) is 6.92 Å². The summed E-state index contributed by atoms with van der Waals surface area (Å²) in [6.45, 7) is 5.47. The second-order valence-electron chi connectivity index (χ2n) is 6.16. The van der Waals surface area contributed by atoms with Crippen molar-refractivity contribution >= 4 is 21.6 Å². The molecular formula is C16H23N3S. The van der Waals surface area contributed by atoms with E-state index < -0.39 is 0 Å². The fourth-order valence-electron chi connectivity index (χ4n) is 2.85. The van der Waals surface area contributed by atoms with E-state index in [0.29, 0.717) is 6.04 Å². The van der Waals surface area contributed by atoms with Crippen LogP contribution in [0, 0.1) is 5.92 Å². The van der Waals surface area contributed by atoms with Crippen LogP contribution < -0.4 is 11.1 Å². The Morgan fingerprint density at radius 2 is 2.30 bits per heavy atom. The highest BCUT2D eigenvalue weighted by molar-refractivity contribution is 7.18. The van der Waals surface area contributed by atoms with Crippen molar-refractivity contribution in [3.8, 4) is 0 Å². The Balaban J connectivity index is 1.83. The summed E-state index contributed by atoms with van der Waals surface area (Å²) in [5.74, 6) is 0.798. The molecule has 3 nitrogen and oxygen atoms in total. The van der Waals surface area contributed by atoms with Crippen LogP contribution >= 0.6 is 11.3 Å². The third-order valence-corrected chi connectivity index (χ3v) is 5.07. The molecule has 1 aliphatic heterocycles. The monoisotopic (exact) mass is 289 g/mol. The van der Waals surface area contributed by atoms with Gasteiger partial charge in [-0.1, -0.05) is 13.0 Å². The molecule has 3 rings (SSSR count). The van der Waals surface area contributed by atoms with Gasteiger partial charge < -0.3 is 11.1 Å². The van der Waals surface area contributed by atoms with Crippen molar-refractivity contribution in [1.82, 2.24) is 10.3 Å². The summed E-state index contributed by atoms with van der Waals surface area (Å²) >= 11 is 1.77. The number of rotatable bonds is 3. The van der Waals surface area contributed by atoms with Gasteiger partial charge in [-0.25, -0.2) is 4.98 Å². The normalized spacial score (nSPS) is 24.9. The van der Waals surface area contributed by atoms with E-state index in [-0.39, 0.29) is 6.04 Å². The second-order valence-corrected chi connectivity index (χ2v) is 7.27. The first-order valence-corrected chi connectivity index (χ1v) is 8.32. The molecule has 2 heterocycles. The van der Waals surface area contributed by atoms with Gasteiger partial charge in [0.1, 0.15) is 0 Å². The second kappa shape index (κ2) is 5.80. The Hall–Kier alpha value is -0.970. The van der Waals surface area contributed by atoms with Crippen molar-refractivity contribution < 1.29 is 0 Å². The highest BCUT2D eigenvalue weighted by Gasteiger charge is 2.19. The fraction of sp³-hybridized carbons (Fsp3) is 0.562. The lowest BCUT2D eigenvalue weighted by molar-refractivity contribution is 0.333. The SMILES string of the molecule is CC(N)Cc1nc2cc([C@H]3CC[C@H](C)CN3)ccc2s1. The molecule has 108 valence electrons. The molecule has 4 heteroatoms. The number of thiazole rings is 1. The number of hydrogen-bond donors (Lipinski definition) is 2. The molecule has 0 aliphatic carbocycles. The molecule has 1 aromatic heterocycles. The van der Waals surface area contributed by atoms with Gasteiger partial charge in [0.15, 0.2) is 0 Å². The zero-order chi connectivity index (χ0) is 14.1. The summed E-state index contributed by atoms with van der Waals surface area (Å²) in [6, 6.07) is 7.39. The molecule has 1 unspecified atom stereocenters. The van der Waals surface area contributed by atoms with Crippen molar-refractivity contribution in [1.29, 1.82) is 0 Å². The van der Waals surface area contributed by atoms with Gasteiger partial charge in [0.05, 0.1) is 15.2 Å². The first-order valence-electron chi connectivity index (χ1n) is 7.50. The predicted molar refractivity (Wildman–Crippen MR) is 86.1 cm³/mol. The summed E-state index contributed by atoms with van der Waals surface area (Å²) in [5.41, 5.74) is 8.37. The molecule has 1 aliphatic rings.